The number of ketones is 2. The van der Waals surface area contributed by atoms with Crippen LogP contribution < -0.4 is 0 Å². The van der Waals surface area contributed by atoms with Crippen LogP contribution in [0.4, 0.5) is 0 Å². The fraction of sp³-hybridized carbons (Fsp3) is 0.882. The number of carbonyl (C=O) groups excluding carboxylic acids is 2. The molecule has 0 spiro atoms. The Balaban J connectivity index is 1.58. The Morgan fingerprint density at radius 2 is 1.62 bits per heavy atom. The van der Waals surface area contributed by atoms with Gasteiger partial charge in [-0.1, -0.05) is 61.0 Å². The van der Waals surface area contributed by atoms with E-state index in [0.717, 1.165) is 44.1 Å². The summed E-state index contributed by atoms with van der Waals surface area (Å²) in [6, 6.07) is 0. The SMILES string of the molecule is CCCC(=O)CC12CCC3(C)C(CCC4C5(C)CCC(O)C(C)(C)C5CCC43C)C1=C(C(C)C)C(=O)C2. The van der Waals surface area contributed by atoms with E-state index >= 15 is 0 Å². The molecule has 4 fully saturated rings. The molecule has 4 saturated carbocycles. The lowest BCUT2D eigenvalue weighted by molar-refractivity contribution is -0.228. The second-order valence-electron chi connectivity index (χ2n) is 15.8. The number of Topliss-reactive ketones (excluding diaryl/α,β-unsaturated/α-hetero) is 2. The number of aliphatic hydroxyl groups excluding tert-OH is 1. The monoisotopic (exact) mass is 510 g/mol. The molecule has 0 aromatic rings. The number of fused-ring (bicyclic) bond motifs is 7. The van der Waals surface area contributed by atoms with Crippen molar-refractivity contribution < 1.29 is 14.7 Å². The molecule has 0 bridgehead atoms. The number of aliphatic hydroxyl groups is 1. The van der Waals surface area contributed by atoms with Crippen LogP contribution in [0.15, 0.2) is 11.1 Å². The molecule has 0 amide bonds. The van der Waals surface area contributed by atoms with Gasteiger partial charge in [0, 0.05) is 24.7 Å². The first-order chi connectivity index (χ1) is 17.2. The van der Waals surface area contributed by atoms with Crippen molar-refractivity contribution in [2.24, 2.45) is 50.7 Å². The van der Waals surface area contributed by atoms with Crippen LogP contribution in [0.3, 0.4) is 0 Å². The van der Waals surface area contributed by atoms with Crippen LogP contribution in [0, 0.1) is 50.7 Å². The molecule has 0 radical (unpaired) electrons. The molecule has 5 aliphatic carbocycles. The Bertz CT molecular complexity index is 1000. The van der Waals surface area contributed by atoms with Crippen molar-refractivity contribution in [2.45, 2.75) is 139 Å². The van der Waals surface area contributed by atoms with Crippen molar-refractivity contribution in [3.63, 3.8) is 0 Å². The van der Waals surface area contributed by atoms with Gasteiger partial charge in [-0.3, -0.25) is 9.59 Å². The van der Waals surface area contributed by atoms with Gasteiger partial charge in [0.2, 0.25) is 0 Å². The molecule has 208 valence electrons. The maximum atomic E-state index is 13.6. The summed E-state index contributed by atoms with van der Waals surface area (Å²) in [6.45, 7) is 18.9. The van der Waals surface area contributed by atoms with Crippen molar-refractivity contribution in [2.75, 3.05) is 0 Å². The molecule has 0 aromatic carbocycles. The van der Waals surface area contributed by atoms with E-state index in [1.54, 1.807) is 0 Å². The maximum Gasteiger partial charge on any atom is 0.160 e. The molecule has 37 heavy (non-hydrogen) atoms. The summed E-state index contributed by atoms with van der Waals surface area (Å²) in [7, 11) is 0. The summed E-state index contributed by atoms with van der Waals surface area (Å²) in [5, 5.41) is 11.0. The average molecular weight is 511 g/mol. The number of rotatable bonds is 5. The Kier molecular flexibility index (Phi) is 6.54. The zero-order chi connectivity index (χ0) is 27.2. The molecule has 5 aliphatic rings. The van der Waals surface area contributed by atoms with Crippen LogP contribution in [0.2, 0.25) is 0 Å². The second kappa shape index (κ2) is 8.77. The van der Waals surface area contributed by atoms with Gasteiger partial charge in [0.05, 0.1) is 6.10 Å². The minimum atomic E-state index is -0.214. The zero-order valence-electron chi connectivity index (χ0n) is 25.1. The third kappa shape index (κ3) is 3.60. The van der Waals surface area contributed by atoms with Gasteiger partial charge in [-0.2, -0.15) is 0 Å². The van der Waals surface area contributed by atoms with Crippen LogP contribution in [-0.2, 0) is 9.59 Å². The molecule has 5 rings (SSSR count). The highest BCUT2D eigenvalue weighted by Gasteiger charge is 2.69. The Morgan fingerprint density at radius 3 is 2.27 bits per heavy atom. The van der Waals surface area contributed by atoms with E-state index in [1.165, 1.54) is 24.8 Å². The summed E-state index contributed by atoms with van der Waals surface area (Å²) in [6.07, 6.45) is 11.5. The average Bonchev–Trinajstić information content (AvgIpc) is 3.09. The largest absolute Gasteiger partial charge is 0.393 e. The van der Waals surface area contributed by atoms with Crippen molar-refractivity contribution in [1.82, 2.24) is 0 Å². The van der Waals surface area contributed by atoms with E-state index < -0.39 is 0 Å². The van der Waals surface area contributed by atoms with Crippen molar-refractivity contribution >= 4 is 11.6 Å². The lowest BCUT2D eigenvalue weighted by Gasteiger charge is -2.72. The first-order valence-electron chi connectivity index (χ1n) is 15.7. The van der Waals surface area contributed by atoms with E-state index in [0.29, 0.717) is 48.6 Å². The standard InChI is InChI=1S/C34H54O3/c1-9-10-22(35)19-34-18-17-32(7)23(29(34)28(21(2)3)24(36)20-34)11-12-26-31(6)15-14-27(37)30(4,5)25(31)13-16-33(26,32)8/h21,23,25-27,37H,9-20H2,1-8H3. The molecule has 3 nitrogen and oxygen atoms in total. The first-order valence-corrected chi connectivity index (χ1v) is 15.7. The maximum absolute atomic E-state index is 13.6. The third-order valence-electron chi connectivity index (χ3n) is 13.6. The summed E-state index contributed by atoms with van der Waals surface area (Å²) in [4.78, 5) is 26.7. The van der Waals surface area contributed by atoms with E-state index in [2.05, 4.69) is 55.4 Å². The van der Waals surface area contributed by atoms with Gasteiger partial charge in [-0.25, -0.2) is 0 Å². The van der Waals surface area contributed by atoms with E-state index in [4.69, 9.17) is 0 Å². The summed E-state index contributed by atoms with van der Waals surface area (Å²) in [5.41, 5.74) is 2.94. The minimum absolute atomic E-state index is 0.0291. The highest BCUT2D eigenvalue weighted by Crippen LogP contribution is 2.76. The smallest absolute Gasteiger partial charge is 0.160 e. The first kappa shape index (κ1) is 27.6. The highest BCUT2D eigenvalue weighted by atomic mass is 16.3. The fourth-order valence-electron chi connectivity index (χ4n) is 11.7. The molecule has 8 unspecified atom stereocenters. The van der Waals surface area contributed by atoms with Crippen LogP contribution in [0.25, 0.3) is 0 Å². The molecular formula is C34H54O3. The van der Waals surface area contributed by atoms with Gasteiger partial charge < -0.3 is 5.11 Å². The number of hydrogen-bond donors (Lipinski definition) is 1. The Hall–Kier alpha value is -0.960. The van der Waals surface area contributed by atoms with Crippen LogP contribution in [0.1, 0.15) is 132 Å². The van der Waals surface area contributed by atoms with Crippen molar-refractivity contribution in [1.29, 1.82) is 0 Å². The predicted octanol–water partition coefficient (Wildman–Crippen LogP) is 8.09. The fourth-order valence-corrected chi connectivity index (χ4v) is 11.7. The third-order valence-corrected chi connectivity index (χ3v) is 13.6. The van der Waals surface area contributed by atoms with Gasteiger partial charge in [-0.05, 0) is 109 Å². The predicted molar refractivity (Wildman–Crippen MR) is 150 cm³/mol. The molecule has 8 atom stereocenters. The highest BCUT2D eigenvalue weighted by molar-refractivity contribution is 6.01. The van der Waals surface area contributed by atoms with Gasteiger partial charge in [0.25, 0.3) is 0 Å². The van der Waals surface area contributed by atoms with Gasteiger partial charge in [0.1, 0.15) is 5.78 Å². The Morgan fingerprint density at radius 1 is 0.919 bits per heavy atom. The second-order valence-corrected chi connectivity index (χ2v) is 15.8. The minimum Gasteiger partial charge on any atom is -0.393 e. The number of allylic oxidation sites excluding steroid dienone is 2. The topological polar surface area (TPSA) is 54.4 Å². The van der Waals surface area contributed by atoms with Gasteiger partial charge >= 0.3 is 0 Å². The summed E-state index contributed by atoms with van der Waals surface area (Å²) < 4.78 is 0. The zero-order valence-corrected chi connectivity index (χ0v) is 25.1. The summed E-state index contributed by atoms with van der Waals surface area (Å²) in [5.74, 6) is 2.56. The van der Waals surface area contributed by atoms with E-state index in [9.17, 15) is 14.7 Å². The molecule has 0 heterocycles. The molecule has 1 N–H and O–H groups in total. The number of hydrogen-bond acceptors (Lipinski definition) is 3. The number of carbonyl (C=O) groups is 2. The van der Waals surface area contributed by atoms with Crippen molar-refractivity contribution in [3.05, 3.63) is 11.1 Å². The molecular weight excluding hydrogens is 456 g/mol. The van der Waals surface area contributed by atoms with E-state index in [1.807, 2.05) is 0 Å². The van der Waals surface area contributed by atoms with Gasteiger partial charge in [-0.15, -0.1) is 0 Å². The van der Waals surface area contributed by atoms with Crippen LogP contribution >= 0.6 is 0 Å². The summed E-state index contributed by atoms with van der Waals surface area (Å²) >= 11 is 0. The van der Waals surface area contributed by atoms with E-state index in [-0.39, 0.29) is 39.1 Å². The molecule has 3 heteroatoms. The Labute approximate surface area is 226 Å². The van der Waals surface area contributed by atoms with Gasteiger partial charge in [0.15, 0.2) is 5.78 Å². The lowest BCUT2D eigenvalue weighted by atomic mass is 9.33. The normalized spacial score (nSPS) is 46.8. The lowest BCUT2D eigenvalue weighted by Crippen LogP contribution is -2.65. The molecule has 0 aliphatic heterocycles. The quantitative estimate of drug-likeness (QED) is 0.407. The van der Waals surface area contributed by atoms with Crippen LogP contribution in [0.5, 0.6) is 0 Å². The molecule has 0 saturated heterocycles. The molecule has 0 aromatic heterocycles. The van der Waals surface area contributed by atoms with Crippen molar-refractivity contribution in [3.8, 4) is 0 Å². The van der Waals surface area contributed by atoms with Crippen LogP contribution in [-0.4, -0.2) is 22.8 Å².